The van der Waals surface area contributed by atoms with Gasteiger partial charge in [0.1, 0.15) is 0 Å². The molecule has 2 N–H and O–H groups in total. The van der Waals surface area contributed by atoms with Crippen molar-refractivity contribution in [2.24, 2.45) is 11.8 Å². The first kappa shape index (κ1) is 15.9. The molecule has 0 spiro atoms. The molecule has 0 saturated heterocycles. The second-order valence-corrected chi connectivity index (χ2v) is 5.09. The van der Waals surface area contributed by atoms with E-state index in [-0.39, 0.29) is 30.8 Å². The van der Waals surface area contributed by atoms with Crippen LogP contribution in [-0.4, -0.2) is 36.2 Å². The maximum Gasteiger partial charge on any atom is 0.305 e. The molecule has 2 unspecified atom stereocenters. The van der Waals surface area contributed by atoms with Gasteiger partial charge in [0.2, 0.25) is 5.91 Å². The summed E-state index contributed by atoms with van der Waals surface area (Å²) in [7, 11) is 1.48. The highest BCUT2D eigenvalue weighted by molar-refractivity contribution is 5.80. The van der Waals surface area contributed by atoms with E-state index in [1.54, 1.807) is 6.92 Å². The van der Waals surface area contributed by atoms with E-state index in [1.807, 2.05) is 20.8 Å². The lowest BCUT2D eigenvalue weighted by Crippen LogP contribution is -2.52. The summed E-state index contributed by atoms with van der Waals surface area (Å²) < 4.78 is 4.97. The average Bonchev–Trinajstić information content (AvgIpc) is 2.14. The van der Waals surface area contributed by atoms with E-state index in [1.165, 1.54) is 7.11 Å². The molecule has 0 aliphatic rings. The fourth-order valence-corrected chi connectivity index (χ4v) is 1.50. The highest BCUT2D eigenvalue weighted by Gasteiger charge is 2.31. The summed E-state index contributed by atoms with van der Waals surface area (Å²) in [6.07, 6.45) is -0.155. The van der Waals surface area contributed by atoms with Gasteiger partial charge in [0.15, 0.2) is 0 Å². The Morgan fingerprint density at radius 2 is 1.88 bits per heavy atom. The summed E-state index contributed by atoms with van der Waals surface area (Å²) in [6, 6.07) is 0. The minimum Gasteiger partial charge on any atom is -0.481 e. The third kappa shape index (κ3) is 5.68. The van der Waals surface area contributed by atoms with Gasteiger partial charge in [-0.05, 0) is 12.8 Å². The topological polar surface area (TPSA) is 75.6 Å². The van der Waals surface area contributed by atoms with E-state index >= 15 is 0 Å². The monoisotopic (exact) mass is 245 g/mol. The normalized spacial score (nSPS) is 16.4. The number of aliphatic carboxylic acids is 1. The van der Waals surface area contributed by atoms with Crippen molar-refractivity contribution in [3.8, 4) is 0 Å². The predicted octanol–water partition coefficient (Wildman–Crippen LogP) is 1.27. The van der Waals surface area contributed by atoms with Crippen molar-refractivity contribution >= 4 is 11.9 Å². The number of carboxylic acids is 1. The number of carboxylic acid groups (broad SMARTS) is 1. The van der Waals surface area contributed by atoms with Crippen molar-refractivity contribution in [3.05, 3.63) is 0 Å². The quantitative estimate of drug-likeness (QED) is 0.708. The van der Waals surface area contributed by atoms with Crippen LogP contribution in [0.2, 0.25) is 0 Å². The van der Waals surface area contributed by atoms with Gasteiger partial charge in [0.05, 0.1) is 18.6 Å². The molecule has 0 radical (unpaired) electrons. The number of carbonyl (C=O) groups excluding carboxylic acids is 1. The Morgan fingerprint density at radius 3 is 2.24 bits per heavy atom. The smallest absolute Gasteiger partial charge is 0.305 e. The lowest BCUT2D eigenvalue weighted by atomic mass is 9.93. The number of amides is 1. The van der Waals surface area contributed by atoms with Gasteiger partial charge in [-0.1, -0.05) is 20.8 Å². The van der Waals surface area contributed by atoms with Gasteiger partial charge in [-0.15, -0.1) is 0 Å². The van der Waals surface area contributed by atoms with Crippen LogP contribution in [0.4, 0.5) is 0 Å². The first-order chi connectivity index (χ1) is 7.72. The Bertz CT molecular complexity index is 278. The maximum atomic E-state index is 11.9. The van der Waals surface area contributed by atoms with E-state index in [4.69, 9.17) is 9.84 Å². The number of methoxy groups -OCH3 is 1. The van der Waals surface area contributed by atoms with Crippen LogP contribution in [0.15, 0.2) is 0 Å². The molecule has 0 aromatic carbocycles. The van der Waals surface area contributed by atoms with Crippen molar-refractivity contribution in [3.63, 3.8) is 0 Å². The summed E-state index contributed by atoms with van der Waals surface area (Å²) in [4.78, 5) is 22.7. The third-order valence-electron chi connectivity index (χ3n) is 2.84. The van der Waals surface area contributed by atoms with Gasteiger partial charge in [-0.2, -0.15) is 0 Å². The molecular formula is C12H23NO4. The largest absolute Gasteiger partial charge is 0.481 e. The summed E-state index contributed by atoms with van der Waals surface area (Å²) >= 11 is 0. The minimum absolute atomic E-state index is 0.138. The van der Waals surface area contributed by atoms with Crippen LogP contribution in [0.5, 0.6) is 0 Å². The van der Waals surface area contributed by atoms with Gasteiger partial charge in [-0.3, -0.25) is 9.59 Å². The van der Waals surface area contributed by atoms with Crippen molar-refractivity contribution in [1.82, 2.24) is 5.32 Å². The Balaban J connectivity index is 4.64. The molecule has 2 atom stereocenters. The second kappa shape index (κ2) is 6.59. The van der Waals surface area contributed by atoms with Gasteiger partial charge < -0.3 is 15.2 Å². The van der Waals surface area contributed by atoms with E-state index in [0.717, 1.165) is 0 Å². The minimum atomic E-state index is -0.956. The number of carbonyl (C=O) groups is 2. The molecule has 100 valence electrons. The Hall–Kier alpha value is -1.10. The van der Waals surface area contributed by atoms with E-state index in [9.17, 15) is 9.59 Å². The first-order valence-electron chi connectivity index (χ1n) is 5.74. The number of rotatable bonds is 7. The molecule has 0 rings (SSSR count). The van der Waals surface area contributed by atoms with Gasteiger partial charge in [-0.25, -0.2) is 0 Å². The fraction of sp³-hybridized carbons (Fsp3) is 0.833. The van der Waals surface area contributed by atoms with Crippen molar-refractivity contribution in [2.45, 2.75) is 39.7 Å². The van der Waals surface area contributed by atoms with E-state index < -0.39 is 11.5 Å². The summed E-state index contributed by atoms with van der Waals surface area (Å²) in [5, 5.41) is 11.6. The summed E-state index contributed by atoms with van der Waals surface area (Å²) in [6.45, 7) is 7.59. The van der Waals surface area contributed by atoms with Crippen LogP contribution in [0.1, 0.15) is 34.1 Å². The number of hydrogen-bond donors (Lipinski definition) is 2. The zero-order valence-corrected chi connectivity index (χ0v) is 11.2. The third-order valence-corrected chi connectivity index (χ3v) is 2.84. The van der Waals surface area contributed by atoms with Gasteiger partial charge in [0, 0.05) is 13.0 Å². The molecular weight excluding hydrogens is 222 g/mol. The lowest BCUT2D eigenvalue weighted by Gasteiger charge is -2.30. The van der Waals surface area contributed by atoms with Gasteiger partial charge in [0.25, 0.3) is 0 Å². The summed E-state index contributed by atoms with van der Waals surface area (Å²) in [5.41, 5.74) is -0.860. The van der Waals surface area contributed by atoms with Crippen LogP contribution < -0.4 is 5.32 Å². The number of hydrogen-bond acceptors (Lipinski definition) is 3. The number of nitrogens with one attached hydrogen (secondary N) is 1. The summed E-state index contributed by atoms with van der Waals surface area (Å²) in [5.74, 6) is -1.03. The SMILES string of the molecule is COCC(C)(CC(=O)O)NC(=O)C(C)C(C)C. The molecule has 5 heteroatoms. The van der Waals surface area contributed by atoms with Crippen LogP contribution in [0, 0.1) is 11.8 Å². The molecule has 0 saturated carbocycles. The first-order valence-corrected chi connectivity index (χ1v) is 5.74. The molecule has 0 aromatic heterocycles. The molecule has 0 aromatic rings. The highest BCUT2D eigenvalue weighted by atomic mass is 16.5. The van der Waals surface area contributed by atoms with E-state index in [0.29, 0.717) is 0 Å². The second-order valence-electron chi connectivity index (χ2n) is 5.09. The van der Waals surface area contributed by atoms with Crippen LogP contribution in [0.25, 0.3) is 0 Å². The lowest BCUT2D eigenvalue weighted by molar-refractivity contribution is -0.140. The molecule has 5 nitrogen and oxygen atoms in total. The van der Waals surface area contributed by atoms with E-state index in [2.05, 4.69) is 5.32 Å². The van der Waals surface area contributed by atoms with Crippen molar-refractivity contribution in [1.29, 1.82) is 0 Å². The fourth-order valence-electron chi connectivity index (χ4n) is 1.50. The molecule has 0 aliphatic heterocycles. The maximum absolute atomic E-state index is 11.9. The van der Waals surface area contributed by atoms with Crippen molar-refractivity contribution in [2.75, 3.05) is 13.7 Å². The molecule has 0 aliphatic carbocycles. The van der Waals surface area contributed by atoms with Crippen LogP contribution >= 0.6 is 0 Å². The molecule has 0 fully saturated rings. The molecule has 1 amide bonds. The molecule has 0 heterocycles. The predicted molar refractivity (Wildman–Crippen MR) is 64.7 cm³/mol. The zero-order chi connectivity index (χ0) is 13.6. The Labute approximate surface area is 103 Å². The standard InChI is InChI=1S/C12H23NO4/c1-8(2)9(3)11(16)13-12(4,7-17-5)6-10(14)15/h8-9H,6-7H2,1-5H3,(H,13,16)(H,14,15). The molecule has 17 heavy (non-hydrogen) atoms. The Morgan fingerprint density at radius 1 is 1.35 bits per heavy atom. The Kier molecular flexibility index (Phi) is 6.16. The number of ether oxygens (including phenoxy) is 1. The van der Waals surface area contributed by atoms with Crippen molar-refractivity contribution < 1.29 is 19.4 Å². The highest BCUT2D eigenvalue weighted by Crippen LogP contribution is 2.15. The zero-order valence-electron chi connectivity index (χ0n) is 11.2. The van der Waals surface area contributed by atoms with Crippen LogP contribution in [-0.2, 0) is 14.3 Å². The average molecular weight is 245 g/mol. The molecule has 0 bridgehead atoms. The van der Waals surface area contributed by atoms with Gasteiger partial charge >= 0.3 is 5.97 Å². The van der Waals surface area contributed by atoms with Crippen LogP contribution in [0.3, 0.4) is 0 Å².